The van der Waals surface area contributed by atoms with E-state index in [0.29, 0.717) is 0 Å². The van der Waals surface area contributed by atoms with Crippen LogP contribution in [0.5, 0.6) is 0 Å². The lowest BCUT2D eigenvalue weighted by Crippen LogP contribution is -2.35. The molecule has 2 unspecified atom stereocenters. The average Bonchev–Trinajstić information content (AvgIpc) is 2.32. The first-order valence-corrected chi connectivity index (χ1v) is 6.26. The molecule has 0 aromatic carbocycles. The van der Waals surface area contributed by atoms with E-state index in [1.807, 2.05) is 0 Å². The molecule has 3 N–H and O–H groups in total. The largest absolute Gasteiger partial charge is 0.391 e. The van der Waals surface area contributed by atoms with Crippen LogP contribution in [0.25, 0.3) is 0 Å². The van der Waals surface area contributed by atoms with Gasteiger partial charge in [-0.15, -0.1) is 0 Å². The van der Waals surface area contributed by atoms with Crippen molar-refractivity contribution >= 4 is 13.5 Å². The number of hydrogen-bond donors (Lipinski definition) is 3. The summed E-state index contributed by atoms with van der Waals surface area (Å²) < 4.78 is 10.6. The molecule has 0 radical (unpaired) electrons. The second-order valence-electron chi connectivity index (χ2n) is 3.60. The highest BCUT2D eigenvalue weighted by Gasteiger charge is 2.32. The van der Waals surface area contributed by atoms with Crippen molar-refractivity contribution in [1.29, 1.82) is 0 Å². The lowest BCUT2D eigenvalue weighted by Gasteiger charge is -2.18. The predicted octanol–water partition coefficient (Wildman–Crippen LogP) is -1.07. The number of carbonyl (C=O) groups is 1. The molecule has 1 rings (SSSR count). The Morgan fingerprint density at radius 3 is 2.67 bits per heavy atom. The van der Waals surface area contributed by atoms with Gasteiger partial charge in [0.15, 0.2) is 0 Å². The van der Waals surface area contributed by atoms with Crippen molar-refractivity contribution in [2.24, 2.45) is 5.92 Å². The third-order valence-electron chi connectivity index (χ3n) is 1.97. The molecule has 8 heteroatoms. The van der Waals surface area contributed by atoms with Gasteiger partial charge in [0.1, 0.15) is 0 Å². The highest BCUT2D eigenvalue weighted by atomic mass is 31.2. The van der Waals surface area contributed by atoms with Crippen molar-refractivity contribution in [2.75, 3.05) is 19.3 Å². The predicted molar refractivity (Wildman–Crippen MR) is 49.7 cm³/mol. The number of aliphatic hydroxyl groups excluding tert-OH is 1. The Kier molecular flexibility index (Phi) is 3.86. The molecule has 7 nitrogen and oxygen atoms in total. The molecule has 1 saturated heterocycles. The topological polar surface area (TPSA) is 107 Å². The number of β-amino-alcohol motifs (C(OH)–C–C–N with tert-alkyl or cyclic N) is 1. The third-order valence-corrected chi connectivity index (χ3v) is 2.87. The monoisotopic (exact) mass is 239 g/mol. The minimum Gasteiger partial charge on any atom is -0.391 e. The Labute approximate surface area is 86.8 Å². The van der Waals surface area contributed by atoms with Gasteiger partial charge < -0.3 is 14.9 Å². The van der Waals surface area contributed by atoms with Crippen LogP contribution in [0, 0.1) is 5.92 Å². The summed E-state index contributed by atoms with van der Waals surface area (Å²) in [6.07, 6.45) is -1.95. The number of rotatable bonds is 4. The molecule has 0 aliphatic carbocycles. The van der Waals surface area contributed by atoms with Crippen LogP contribution in [0.1, 0.15) is 6.92 Å². The minimum atomic E-state index is -4.26. The van der Waals surface area contributed by atoms with Gasteiger partial charge in [0.05, 0.1) is 31.3 Å². The van der Waals surface area contributed by atoms with Crippen molar-refractivity contribution < 1.29 is 29.1 Å². The van der Waals surface area contributed by atoms with Crippen LogP contribution < -0.4 is 0 Å². The van der Waals surface area contributed by atoms with Gasteiger partial charge in [-0.1, -0.05) is 6.92 Å². The summed E-state index contributed by atoms with van der Waals surface area (Å²) in [5, 5.41) is 10.2. The van der Waals surface area contributed by atoms with Crippen molar-refractivity contribution in [3.8, 4) is 0 Å². The fraction of sp³-hybridized carbons (Fsp3) is 0.857. The van der Waals surface area contributed by atoms with E-state index in [4.69, 9.17) is 14.6 Å². The first-order valence-electron chi connectivity index (χ1n) is 4.46. The quantitative estimate of drug-likeness (QED) is 0.539. The van der Waals surface area contributed by atoms with E-state index < -0.39 is 19.9 Å². The maximum absolute atomic E-state index is 11.3. The maximum atomic E-state index is 11.3. The van der Waals surface area contributed by atoms with Gasteiger partial charge in [-0.3, -0.25) is 14.2 Å². The molecule has 15 heavy (non-hydrogen) atoms. The summed E-state index contributed by atoms with van der Waals surface area (Å²) in [7, 11) is -4.26. The molecule has 1 aliphatic heterocycles. The van der Waals surface area contributed by atoms with Gasteiger partial charge in [0.2, 0.25) is 0 Å². The van der Waals surface area contributed by atoms with E-state index in [-0.39, 0.29) is 25.0 Å². The molecule has 1 heterocycles. The zero-order chi connectivity index (χ0) is 11.6. The summed E-state index contributed by atoms with van der Waals surface area (Å²) in [5.41, 5.74) is 0. The highest BCUT2D eigenvalue weighted by molar-refractivity contribution is 7.51. The van der Waals surface area contributed by atoms with Crippen molar-refractivity contribution in [2.45, 2.75) is 13.0 Å². The van der Waals surface area contributed by atoms with Crippen LogP contribution in [0.3, 0.4) is 0 Å². The summed E-state index contributed by atoms with van der Waals surface area (Å²) in [6, 6.07) is 0. The van der Waals surface area contributed by atoms with Crippen LogP contribution >= 0.6 is 7.60 Å². The van der Waals surface area contributed by atoms with E-state index in [2.05, 4.69) is 0 Å². The van der Waals surface area contributed by atoms with E-state index in [9.17, 15) is 14.5 Å². The van der Waals surface area contributed by atoms with Crippen LogP contribution in [-0.2, 0) is 14.2 Å². The van der Waals surface area contributed by atoms with Crippen LogP contribution in [-0.4, -0.2) is 51.3 Å². The lowest BCUT2D eigenvalue weighted by molar-refractivity contribution is -0.167. The molecule has 0 saturated carbocycles. The van der Waals surface area contributed by atoms with Gasteiger partial charge in [0.25, 0.3) is 5.91 Å². The second kappa shape index (κ2) is 4.59. The zero-order valence-corrected chi connectivity index (χ0v) is 9.13. The number of amides is 1. The fourth-order valence-electron chi connectivity index (χ4n) is 1.25. The molecule has 0 aromatic rings. The number of carbonyl (C=O) groups excluding carboxylic acids is 1. The smallest absolute Gasteiger partial charge is 0.328 e. The van der Waals surface area contributed by atoms with E-state index in [1.165, 1.54) is 0 Å². The number of hydrogen-bond acceptors (Lipinski definition) is 4. The fourth-order valence-corrected chi connectivity index (χ4v) is 1.91. The Morgan fingerprint density at radius 1 is 1.67 bits per heavy atom. The minimum absolute atomic E-state index is 0.214. The SMILES string of the molecule is CC1CON(CC(O)CP(=O)(O)O)C1=O. The van der Waals surface area contributed by atoms with Crippen molar-refractivity contribution in [3.63, 3.8) is 0 Å². The molecule has 1 fully saturated rings. The van der Waals surface area contributed by atoms with E-state index >= 15 is 0 Å². The van der Waals surface area contributed by atoms with Gasteiger partial charge >= 0.3 is 7.60 Å². The van der Waals surface area contributed by atoms with E-state index in [0.717, 1.165) is 5.06 Å². The first-order chi connectivity index (χ1) is 6.79. The molecule has 2 atom stereocenters. The number of aliphatic hydroxyl groups is 1. The highest BCUT2D eigenvalue weighted by Crippen LogP contribution is 2.35. The first kappa shape index (κ1) is 12.6. The van der Waals surface area contributed by atoms with Gasteiger partial charge in [-0.25, -0.2) is 5.06 Å². The molecule has 0 aromatic heterocycles. The van der Waals surface area contributed by atoms with Gasteiger partial charge in [-0.05, 0) is 0 Å². The Bertz CT molecular complexity index is 289. The van der Waals surface area contributed by atoms with E-state index in [1.54, 1.807) is 6.92 Å². The molecule has 0 spiro atoms. The Balaban J connectivity index is 2.42. The van der Waals surface area contributed by atoms with Crippen LogP contribution in [0.15, 0.2) is 0 Å². The molecule has 1 aliphatic rings. The molecular weight excluding hydrogens is 225 g/mol. The normalized spacial score (nSPS) is 24.7. The lowest BCUT2D eigenvalue weighted by atomic mass is 10.2. The maximum Gasteiger partial charge on any atom is 0.328 e. The number of nitrogens with zero attached hydrogens (tertiary/aromatic N) is 1. The molecular formula is C7H14NO6P. The zero-order valence-electron chi connectivity index (χ0n) is 8.24. The standard InChI is InChI=1S/C7H14NO6P/c1-5-3-14-8(7(5)10)2-6(9)4-15(11,12)13/h5-6,9H,2-4H2,1H3,(H2,11,12,13). The summed E-state index contributed by atoms with van der Waals surface area (Å²) in [5.74, 6) is -0.549. The average molecular weight is 239 g/mol. The molecule has 1 amide bonds. The van der Waals surface area contributed by atoms with Gasteiger partial charge in [0, 0.05) is 0 Å². The second-order valence-corrected chi connectivity index (χ2v) is 5.29. The van der Waals surface area contributed by atoms with Crippen molar-refractivity contribution in [3.05, 3.63) is 0 Å². The van der Waals surface area contributed by atoms with Crippen molar-refractivity contribution in [1.82, 2.24) is 5.06 Å². The third kappa shape index (κ3) is 3.89. The summed E-state index contributed by atoms with van der Waals surface area (Å²) in [6.45, 7) is 1.70. The Hall–Kier alpha value is -0.460. The molecule has 88 valence electrons. The Morgan fingerprint density at radius 2 is 2.27 bits per heavy atom. The van der Waals surface area contributed by atoms with Gasteiger partial charge in [-0.2, -0.15) is 0 Å². The van der Waals surface area contributed by atoms with Crippen LogP contribution in [0.2, 0.25) is 0 Å². The summed E-state index contributed by atoms with van der Waals surface area (Å²) >= 11 is 0. The summed E-state index contributed by atoms with van der Waals surface area (Å²) in [4.78, 5) is 33.4. The van der Waals surface area contributed by atoms with Crippen LogP contribution in [0.4, 0.5) is 0 Å². The molecule has 0 bridgehead atoms. The number of hydroxylamine groups is 2.